The van der Waals surface area contributed by atoms with Crippen LogP contribution in [0.4, 0.5) is 0 Å². The molecule has 0 fully saturated rings. The fourth-order valence-corrected chi connectivity index (χ4v) is 2.83. The SMILES string of the molecule is COc1ccc(Cn2c(-c3ccco3)ccc2-c2ccco2)cc1. The molecule has 4 rings (SSSR count). The number of methoxy groups -OCH3 is 1. The third kappa shape index (κ3) is 2.63. The smallest absolute Gasteiger partial charge is 0.150 e. The Balaban J connectivity index is 1.77. The minimum Gasteiger partial charge on any atom is -0.497 e. The lowest BCUT2D eigenvalue weighted by Crippen LogP contribution is -2.03. The van der Waals surface area contributed by atoms with E-state index in [-0.39, 0.29) is 0 Å². The Morgan fingerprint density at radius 1 is 0.792 bits per heavy atom. The number of nitrogens with zero attached hydrogens (tertiary/aromatic N) is 1. The fraction of sp³-hybridized carbons (Fsp3) is 0.100. The molecular formula is C20H17NO3. The van der Waals surface area contributed by atoms with Crippen LogP contribution < -0.4 is 4.74 Å². The van der Waals surface area contributed by atoms with E-state index in [9.17, 15) is 0 Å². The Morgan fingerprint density at radius 2 is 1.38 bits per heavy atom. The van der Waals surface area contributed by atoms with E-state index >= 15 is 0 Å². The van der Waals surface area contributed by atoms with Gasteiger partial charge in [-0.25, -0.2) is 0 Å². The van der Waals surface area contributed by atoms with Crippen LogP contribution in [-0.4, -0.2) is 11.7 Å². The van der Waals surface area contributed by atoms with Gasteiger partial charge in [0.1, 0.15) is 17.3 Å². The zero-order valence-corrected chi connectivity index (χ0v) is 13.3. The molecule has 0 spiro atoms. The first-order chi connectivity index (χ1) is 11.8. The molecule has 0 unspecified atom stereocenters. The molecule has 24 heavy (non-hydrogen) atoms. The molecule has 0 radical (unpaired) electrons. The second kappa shape index (κ2) is 6.16. The number of hydrogen-bond acceptors (Lipinski definition) is 3. The molecule has 0 aliphatic heterocycles. The second-order valence-electron chi connectivity index (χ2n) is 5.49. The Hall–Kier alpha value is -3.14. The van der Waals surface area contributed by atoms with E-state index in [0.29, 0.717) is 6.54 Å². The van der Waals surface area contributed by atoms with Gasteiger partial charge in [0, 0.05) is 6.54 Å². The van der Waals surface area contributed by atoms with Crippen molar-refractivity contribution in [2.24, 2.45) is 0 Å². The molecule has 0 bridgehead atoms. The Bertz CT molecular complexity index is 849. The Labute approximate surface area is 139 Å². The average Bonchev–Trinajstić information content (AvgIpc) is 3.36. The predicted octanol–water partition coefficient (Wildman–Crippen LogP) is 5.07. The first kappa shape index (κ1) is 14.5. The summed E-state index contributed by atoms with van der Waals surface area (Å²) in [4.78, 5) is 0. The molecule has 0 amide bonds. The highest BCUT2D eigenvalue weighted by Gasteiger charge is 2.15. The zero-order valence-electron chi connectivity index (χ0n) is 13.3. The van der Waals surface area contributed by atoms with E-state index in [1.165, 1.54) is 5.56 Å². The fourth-order valence-electron chi connectivity index (χ4n) is 2.83. The molecule has 3 aromatic heterocycles. The van der Waals surface area contributed by atoms with Gasteiger partial charge in [-0.3, -0.25) is 0 Å². The van der Waals surface area contributed by atoms with Crippen molar-refractivity contribution in [3.8, 4) is 28.7 Å². The first-order valence-corrected chi connectivity index (χ1v) is 7.75. The molecule has 3 heterocycles. The van der Waals surface area contributed by atoms with Crippen molar-refractivity contribution in [3.63, 3.8) is 0 Å². The third-order valence-corrected chi connectivity index (χ3v) is 4.03. The highest BCUT2D eigenvalue weighted by atomic mass is 16.5. The molecule has 1 aromatic carbocycles. The maximum absolute atomic E-state index is 5.59. The van der Waals surface area contributed by atoms with Crippen LogP contribution in [0, 0.1) is 0 Å². The largest absolute Gasteiger partial charge is 0.497 e. The average molecular weight is 319 g/mol. The highest BCUT2D eigenvalue weighted by molar-refractivity contribution is 5.64. The second-order valence-corrected chi connectivity index (χ2v) is 5.49. The lowest BCUT2D eigenvalue weighted by Gasteiger charge is -2.12. The van der Waals surface area contributed by atoms with Crippen molar-refractivity contribution in [2.45, 2.75) is 6.54 Å². The van der Waals surface area contributed by atoms with E-state index in [4.69, 9.17) is 13.6 Å². The van der Waals surface area contributed by atoms with Gasteiger partial charge in [0.05, 0.1) is 31.0 Å². The van der Waals surface area contributed by atoms with Gasteiger partial charge in [0.25, 0.3) is 0 Å². The maximum Gasteiger partial charge on any atom is 0.150 e. The van der Waals surface area contributed by atoms with Crippen LogP contribution in [0.2, 0.25) is 0 Å². The number of furan rings is 2. The van der Waals surface area contributed by atoms with Crippen molar-refractivity contribution in [1.29, 1.82) is 0 Å². The van der Waals surface area contributed by atoms with Gasteiger partial charge in [0.2, 0.25) is 0 Å². The van der Waals surface area contributed by atoms with Crippen LogP contribution in [0.1, 0.15) is 5.56 Å². The lowest BCUT2D eigenvalue weighted by molar-refractivity contribution is 0.414. The van der Waals surface area contributed by atoms with Crippen molar-refractivity contribution in [1.82, 2.24) is 4.57 Å². The molecule has 0 aliphatic carbocycles. The van der Waals surface area contributed by atoms with Gasteiger partial charge in [-0.1, -0.05) is 12.1 Å². The first-order valence-electron chi connectivity index (χ1n) is 7.75. The van der Waals surface area contributed by atoms with Crippen LogP contribution in [0.25, 0.3) is 22.9 Å². The van der Waals surface area contributed by atoms with E-state index in [2.05, 4.69) is 28.8 Å². The standard InChI is InChI=1S/C20H17NO3/c1-22-16-8-6-15(7-9-16)14-21-17(19-4-2-12-23-19)10-11-18(21)20-5-3-13-24-20/h2-13H,14H2,1H3. The van der Waals surface area contributed by atoms with Gasteiger partial charge in [-0.05, 0) is 54.1 Å². The summed E-state index contributed by atoms with van der Waals surface area (Å²) in [5.41, 5.74) is 3.21. The van der Waals surface area contributed by atoms with Gasteiger partial charge in [0.15, 0.2) is 0 Å². The zero-order chi connectivity index (χ0) is 16.4. The summed E-state index contributed by atoms with van der Waals surface area (Å²) in [6, 6.07) is 19.9. The highest BCUT2D eigenvalue weighted by Crippen LogP contribution is 2.30. The molecule has 0 N–H and O–H groups in total. The minimum atomic E-state index is 0.711. The maximum atomic E-state index is 5.59. The van der Waals surface area contributed by atoms with Crippen molar-refractivity contribution >= 4 is 0 Å². The minimum absolute atomic E-state index is 0.711. The van der Waals surface area contributed by atoms with Gasteiger partial charge in [-0.2, -0.15) is 0 Å². The van der Waals surface area contributed by atoms with Gasteiger partial charge < -0.3 is 18.1 Å². The quantitative estimate of drug-likeness (QED) is 0.516. The molecule has 0 saturated carbocycles. The number of hydrogen-bond donors (Lipinski definition) is 0. The molecule has 0 atom stereocenters. The van der Waals surface area contributed by atoms with Crippen LogP contribution in [-0.2, 0) is 6.54 Å². The van der Waals surface area contributed by atoms with Crippen LogP contribution in [0.3, 0.4) is 0 Å². The van der Waals surface area contributed by atoms with E-state index in [1.54, 1.807) is 19.6 Å². The van der Waals surface area contributed by atoms with E-state index in [0.717, 1.165) is 28.7 Å². The lowest BCUT2D eigenvalue weighted by atomic mass is 10.2. The summed E-state index contributed by atoms with van der Waals surface area (Å²) in [6.45, 7) is 0.711. The summed E-state index contributed by atoms with van der Waals surface area (Å²) in [5.74, 6) is 2.52. The monoisotopic (exact) mass is 319 g/mol. The summed E-state index contributed by atoms with van der Waals surface area (Å²) < 4.78 is 18.6. The summed E-state index contributed by atoms with van der Waals surface area (Å²) in [6.07, 6.45) is 3.37. The van der Waals surface area contributed by atoms with E-state index in [1.807, 2.05) is 36.4 Å². The molecule has 4 nitrogen and oxygen atoms in total. The Morgan fingerprint density at radius 3 is 1.83 bits per heavy atom. The number of aromatic nitrogens is 1. The van der Waals surface area contributed by atoms with Crippen LogP contribution >= 0.6 is 0 Å². The number of rotatable bonds is 5. The molecule has 0 aliphatic rings. The topological polar surface area (TPSA) is 40.4 Å². The van der Waals surface area contributed by atoms with Gasteiger partial charge in [-0.15, -0.1) is 0 Å². The molecule has 4 heteroatoms. The van der Waals surface area contributed by atoms with Crippen LogP contribution in [0.5, 0.6) is 5.75 Å². The predicted molar refractivity (Wildman–Crippen MR) is 91.9 cm³/mol. The number of ether oxygens (including phenoxy) is 1. The molecule has 4 aromatic rings. The summed E-state index contributed by atoms with van der Waals surface area (Å²) >= 11 is 0. The summed E-state index contributed by atoms with van der Waals surface area (Å²) in [7, 11) is 1.67. The number of benzene rings is 1. The van der Waals surface area contributed by atoms with Crippen molar-refractivity contribution in [2.75, 3.05) is 7.11 Å². The molecular weight excluding hydrogens is 302 g/mol. The van der Waals surface area contributed by atoms with Crippen LogP contribution in [0.15, 0.2) is 82.0 Å². The Kier molecular flexibility index (Phi) is 3.71. The van der Waals surface area contributed by atoms with Crippen molar-refractivity contribution < 1.29 is 13.6 Å². The third-order valence-electron chi connectivity index (χ3n) is 4.03. The normalized spacial score (nSPS) is 10.9. The van der Waals surface area contributed by atoms with E-state index < -0.39 is 0 Å². The molecule has 120 valence electrons. The van der Waals surface area contributed by atoms with Crippen molar-refractivity contribution in [3.05, 3.63) is 78.8 Å². The summed E-state index contributed by atoms with van der Waals surface area (Å²) in [5, 5.41) is 0. The molecule has 0 saturated heterocycles. The van der Waals surface area contributed by atoms with Gasteiger partial charge >= 0.3 is 0 Å².